The molecule has 0 bridgehead atoms. The summed E-state index contributed by atoms with van der Waals surface area (Å²) >= 11 is 0. The highest BCUT2D eigenvalue weighted by molar-refractivity contribution is 5.32. The number of aromatic nitrogens is 1. The lowest BCUT2D eigenvalue weighted by molar-refractivity contribution is -0.0841. The Balaban J connectivity index is 1.31. The molecule has 5 heteroatoms. The molecule has 2 aliphatic heterocycles. The first-order chi connectivity index (χ1) is 12.8. The molecule has 26 heavy (non-hydrogen) atoms. The predicted octanol–water partition coefficient (Wildman–Crippen LogP) is 3.15. The number of nitriles is 1. The van der Waals surface area contributed by atoms with E-state index in [0.717, 1.165) is 43.7 Å². The van der Waals surface area contributed by atoms with Crippen LogP contribution in [0.2, 0.25) is 0 Å². The van der Waals surface area contributed by atoms with Crippen LogP contribution in [-0.4, -0.2) is 41.3 Å². The number of nitrogens with zero attached hydrogens (tertiary/aromatic N) is 3. The van der Waals surface area contributed by atoms with Crippen LogP contribution < -0.4 is 4.74 Å². The lowest BCUT2D eigenvalue weighted by atomic mass is 9.99. The van der Waals surface area contributed by atoms with Crippen LogP contribution in [0, 0.1) is 11.3 Å². The molecule has 5 nitrogen and oxygen atoms in total. The third-order valence-electron chi connectivity index (χ3n) is 5.26. The normalized spacial score (nSPS) is 25.4. The summed E-state index contributed by atoms with van der Waals surface area (Å²) in [5, 5.41) is 9.07. The average Bonchev–Trinajstić information content (AvgIpc) is 3.09. The summed E-state index contributed by atoms with van der Waals surface area (Å²) in [7, 11) is 0. The fraction of sp³-hybridized carbons (Fsp3) is 0.429. The van der Waals surface area contributed by atoms with E-state index in [9.17, 15) is 0 Å². The van der Waals surface area contributed by atoms with E-state index in [-0.39, 0.29) is 12.2 Å². The number of hydrogen-bond donors (Lipinski definition) is 0. The maximum atomic E-state index is 9.07. The topological polar surface area (TPSA) is 58.4 Å². The van der Waals surface area contributed by atoms with Crippen molar-refractivity contribution in [1.29, 1.82) is 5.26 Å². The van der Waals surface area contributed by atoms with Crippen molar-refractivity contribution in [2.45, 2.75) is 44.1 Å². The minimum atomic E-state index is 0.151. The molecule has 3 heterocycles. The first-order valence-electron chi connectivity index (χ1n) is 9.23. The molecule has 0 unspecified atom stereocenters. The number of ether oxygens (including phenoxy) is 2. The van der Waals surface area contributed by atoms with Crippen molar-refractivity contribution < 1.29 is 9.47 Å². The van der Waals surface area contributed by atoms with Gasteiger partial charge in [-0.05, 0) is 49.1 Å². The molecular weight excluding hydrogens is 326 g/mol. The van der Waals surface area contributed by atoms with Gasteiger partial charge < -0.3 is 9.47 Å². The number of rotatable bonds is 5. The van der Waals surface area contributed by atoms with Gasteiger partial charge in [-0.2, -0.15) is 5.26 Å². The van der Waals surface area contributed by atoms with Crippen LogP contribution in [0.15, 0.2) is 48.8 Å². The molecule has 0 spiro atoms. The van der Waals surface area contributed by atoms with Gasteiger partial charge in [0, 0.05) is 25.3 Å². The van der Waals surface area contributed by atoms with Crippen molar-refractivity contribution in [3.8, 4) is 11.8 Å². The van der Waals surface area contributed by atoms with E-state index in [1.807, 2.05) is 30.3 Å². The summed E-state index contributed by atoms with van der Waals surface area (Å²) in [5.41, 5.74) is 1.93. The van der Waals surface area contributed by atoms with E-state index in [0.29, 0.717) is 12.6 Å². The summed E-state index contributed by atoms with van der Waals surface area (Å²) < 4.78 is 12.1. The number of benzene rings is 1. The Labute approximate surface area is 154 Å². The van der Waals surface area contributed by atoms with Crippen LogP contribution in [0.5, 0.6) is 5.75 Å². The van der Waals surface area contributed by atoms with Gasteiger partial charge in [-0.25, -0.2) is 0 Å². The Bertz CT molecular complexity index is 774. The average molecular weight is 349 g/mol. The number of fused-ring (bicyclic) bond motifs is 1. The Kier molecular flexibility index (Phi) is 5.14. The molecule has 0 aliphatic carbocycles. The van der Waals surface area contributed by atoms with Gasteiger partial charge in [0.05, 0.1) is 30.0 Å². The molecule has 1 aromatic heterocycles. The van der Waals surface area contributed by atoms with Crippen molar-refractivity contribution in [2.24, 2.45) is 0 Å². The number of pyridine rings is 1. The monoisotopic (exact) mass is 349 g/mol. The van der Waals surface area contributed by atoms with Gasteiger partial charge in [0.15, 0.2) is 0 Å². The van der Waals surface area contributed by atoms with Crippen molar-refractivity contribution >= 4 is 0 Å². The second-order valence-electron chi connectivity index (χ2n) is 7.01. The summed E-state index contributed by atoms with van der Waals surface area (Å²) in [6.07, 6.45) is 7.11. The Morgan fingerprint density at radius 2 is 2.19 bits per heavy atom. The van der Waals surface area contributed by atoms with E-state index in [2.05, 4.69) is 22.0 Å². The fourth-order valence-electron chi connectivity index (χ4n) is 4.00. The second-order valence-corrected chi connectivity index (χ2v) is 7.01. The zero-order chi connectivity index (χ0) is 17.8. The Morgan fingerprint density at radius 1 is 1.23 bits per heavy atom. The van der Waals surface area contributed by atoms with Crippen LogP contribution in [-0.2, 0) is 11.3 Å². The van der Waals surface area contributed by atoms with Crippen LogP contribution in [0.4, 0.5) is 0 Å². The maximum Gasteiger partial charge on any atom is 0.137 e. The van der Waals surface area contributed by atoms with Crippen molar-refractivity contribution in [1.82, 2.24) is 9.88 Å². The molecule has 0 saturated carbocycles. The predicted molar refractivity (Wildman–Crippen MR) is 97.6 cm³/mol. The summed E-state index contributed by atoms with van der Waals surface area (Å²) in [6.45, 7) is 2.51. The molecule has 1 aromatic carbocycles. The third kappa shape index (κ3) is 3.87. The second kappa shape index (κ2) is 7.86. The van der Waals surface area contributed by atoms with E-state index in [4.69, 9.17) is 14.7 Å². The highest BCUT2D eigenvalue weighted by Crippen LogP contribution is 2.32. The highest BCUT2D eigenvalue weighted by Gasteiger charge is 2.39. The Morgan fingerprint density at radius 3 is 3.04 bits per heavy atom. The largest absolute Gasteiger partial charge is 0.489 e. The van der Waals surface area contributed by atoms with Gasteiger partial charge >= 0.3 is 0 Å². The smallest absolute Gasteiger partial charge is 0.137 e. The molecule has 0 N–H and O–H groups in total. The quantitative estimate of drug-likeness (QED) is 0.830. The highest BCUT2D eigenvalue weighted by atomic mass is 16.5. The van der Waals surface area contributed by atoms with Gasteiger partial charge in [-0.3, -0.25) is 9.88 Å². The lowest BCUT2D eigenvalue weighted by Gasteiger charge is -2.36. The van der Waals surface area contributed by atoms with Crippen molar-refractivity contribution in [3.05, 3.63) is 59.9 Å². The third-order valence-corrected chi connectivity index (χ3v) is 5.26. The van der Waals surface area contributed by atoms with E-state index in [1.54, 1.807) is 12.4 Å². The number of hydrogen-bond acceptors (Lipinski definition) is 5. The molecule has 134 valence electrons. The standard InChI is InChI=1S/C21H23N3O2/c22-12-16-3-1-4-17(11-16)14-24-10-8-21-20(24)7-6-19(26-21)15-25-18-5-2-9-23-13-18/h1-5,9,11,13,19-21H,6-8,10,14-15H2/t19-,20-,21-/m0/s1. The van der Waals surface area contributed by atoms with Gasteiger partial charge in [-0.15, -0.1) is 0 Å². The SMILES string of the molecule is N#Cc1cccc(CN2CC[C@@H]3O[C@H](COc4cccnc4)CC[C@@H]32)c1. The lowest BCUT2D eigenvalue weighted by Crippen LogP contribution is -2.43. The van der Waals surface area contributed by atoms with E-state index >= 15 is 0 Å². The molecule has 2 aromatic rings. The molecule has 0 radical (unpaired) electrons. The minimum absolute atomic E-state index is 0.151. The van der Waals surface area contributed by atoms with Gasteiger partial charge in [0.25, 0.3) is 0 Å². The van der Waals surface area contributed by atoms with Crippen LogP contribution in [0.1, 0.15) is 30.4 Å². The van der Waals surface area contributed by atoms with E-state index in [1.165, 1.54) is 5.56 Å². The van der Waals surface area contributed by atoms with Crippen LogP contribution in [0.25, 0.3) is 0 Å². The molecule has 2 saturated heterocycles. The number of likely N-dealkylation sites (tertiary alicyclic amines) is 1. The van der Waals surface area contributed by atoms with Gasteiger partial charge in [0.2, 0.25) is 0 Å². The molecule has 2 aliphatic rings. The molecule has 0 amide bonds. The zero-order valence-electron chi connectivity index (χ0n) is 14.8. The van der Waals surface area contributed by atoms with Gasteiger partial charge in [-0.1, -0.05) is 12.1 Å². The Hall–Kier alpha value is -2.42. The van der Waals surface area contributed by atoms with E-state index < -0.39 is 0 Å². The summed E-state index contributed by atoms with van der Waals surface area (Å²) in [6, 6.07) is 14.4. The first-order valence-corrected chi connectivity index (χ1v) is 9.23. The first kappa shape index (κ1) is 17.0. The molecular formula is C21H23N3O2. The fourth-order valence-corrected chi connectivity index (χ4v) is 4.00. The zero-order valence-corrected chi connectivity index (χ0v) is 14.8. The van der Waals surface area contributed by atoms with Gasteiger partial charge in [0.1, 0.15) is 12.4 Å². The maximum absolute atomic E-state index is 9.07. The molecule has 2 fully saturated rings. The van der Waals surface area contributed by atoms with Crippen molar-refractivity contribution in [2.75, 3.05) is 13.2 Å². The summed E-state index contributed by atoms with van der Waals surface area (Å²) in [4.78, 5) is 6.57. The van der Waals surface area contributed by atoms with Crippen LogP contribution >= 0.6 is 0 Å². The van der Waals surface area contributed by atoms with Crippen molar-refractivity contribution in [3.63, 3.8) is 0 Å². The molecule has 4 rings (SSSR count). The molecule has 3 atom stereocenters. The minimum Gasteiger partial charge on any atom is -0.489 e. The van der Waals surface area contributed by atoms with Crippen LogP contribution in [0.3, 0.4) is 0 Å². The summed E-state index contributed by atoms with van der Waals surface area (Å²) in [5.74, 6) is 0.795.